The molecule has 0 aliphatic carbocycles. The third kappa shape index (κ3) is 3.39. The Labute approximate surface area is 121 Å². The van der Waals surface area contributed by atoms with Crippen LogP contribution in [-0.2, 0) is 16.6 Å². The summed E-state index contributed by atoms with van der Waals surface area (Å²) in [7, 11) is -3.43. The summed E-state index contributed by atoms with van der Waals surface area (Å²) in [6.07, 6.45) is 4.47. The summed E-state index contributed by atoms with van der Waals surface area (Å²) >= 11 is 0. The van der Waals surface area contributed by atoms with Crippen molar-refractivity contribution in [2.24, 2.45) is 5.92 Å². The van der Waals surface area contributed by atoms with Crippen LogP contribution in [0.2, 0.25) is 0 Å². The van der Waals surface area contributed by atoms with Crippen LogP contribution in [-0.4, -0.2) is 42.6 Å². The standard InChI is InChI=1S/C13H24N4O2S/c1-3-6-14-9-12-10-15-16-13(12)20(18,19)17-7-4-11(2)5-8-17/h10-11,14H,3-9H2,1-2H3,(H,15,16). The van der Waals surface area contributed by atoms with Gasteiger partial charge in [0.15, 0.2) is 5.03 Å². The number of H-pyrrole nitrogens is 1. The van der Waals surface area contributed by atoms with Gasteiger partial charge in [-0.05, 0) is 31.7 Å². The monoisotopic (exact) mass is 300 g/mol. The van der Waals surface area contributed by atoms with Crippen LogP contribution in [0, 0.1) is 5.92 Å². The van der Waals surface area contributed by atoms with Crippen molar-refractivity contribution in [3.8, 4) is 0 Å². The van der Waals surface area contributed by atoms with E-state index in [2.05, 4.69) is 29.4 Å². The predicted molar refractivity (Wildman–Crippen MR) is 77.7 cm³/mol. The summed E-state index contributed by atoms with van der Waals surface area (Å²) in [5.41, 5.74) is 0.720. The molecule has 0 bridgehead atoms. The van der Waals surface area contributed by atoms with Crippen molar-refractivity contribution in [1.82, 2.24) is 19.8 Å². The molecule has 0 amide bonds. The number of aromatic amines is 1. The van der Waals surface area contributed by atoms with Gasteiger partial charge < -0.3 is 5.32 Å². The van der Waals surface area contributed by atoms with Gasteiger partial charge in [0.05, 0.1) is 6.20 Å². The molecule has 6 nitrogen and oxygen atoms in total. The van der Waals surface area contributed by atoms with Crippen molar-refractivity contribution in [2.75, 3.05) is 19.6 Å². The average Bonchev–Trinajstić information content (AvgIpc) is 2.89. The van der Waals surface area contributed by atoms with Crippen LogP contribution >= 0.6 is 0 Å². The van der Waals surface area contributed by atoms with E-state index in [1.54, 1.807) is 10.5 Å². The Morgan fingerprint density at radius 2 is 2.15 bits per heavy atom. The van der Waals surface area contributed by atoms with E-state index in [0.29, 0.717) is 25.6 Å². The average molecular weight is 300 g/mol. The van der Waals surface area contributed by atoms with Crippen LogP contribution < -0.4 is 5.32 Å². The molecule has 0 saturated carbocycles. The van der Waals surface area contributed by atoms with Gasteiger partial charge in [0.25, 0.3) is 10.0 Å². The van der Waals surface area contributed by atoms with Crippen LogP contribution in [0.25, 0.3) is 0 Å². The van der Waals surface area contributed by atoms with Gasteiger partial charge in [0.1, 0.15) is 0 Å². The van der Waals surface area contributed by atoms with Gasteiger partial charge in [-0.25, -0.2) is 8.42 Å². The molecular weight excluding hydrogens is 276 g/mol. The molecule has 1 aliphatic rings. The van der Waals surface area contributed by atoms with Crippen molar-refractivity contribution < 1.29 is 8.42 Å². The maximum absolute atomic E-state index is 12.6. The molecule has 0 spiro atoms. The summed E-state index contributed by atoms with van der Waals surface area (Å²) in [5, 5.41) is 10.0. The van der Waals surface area contributed by atoms with Crippen molar-refractivity contribution >= 4 is 10.0 Å². The predicted octanol–water partition coefficient (Wildman–Crippen LogP) is 1.33. The highest BCUT2D eigenvalue weighted by atomic mass is 32.2. The third-order valence-corrected chi connectivity index (χ3v) is 5.68. The van der Waals surface area contributed by atoms with Gasteiger partial charge >= 0.3 is 0 Å². The van der Waals surface area contributed by atoms with E-state index in [0.717, 1.165) is 31.4 Å². The van der Waals surface area contributed by atoms with Gasteiger partial charge in [-0.2, -0.15) is 9.40 Å². The molecule has 1 aromatic rings. The minimum Gasteiger partial charge on any atom is -0.313 e. The van der Waals surface area contributed by atoms with Gasteiger partial charge in [-0.1, -0.05) is 13.8 Å². The zero-order valence-corrected chi connectivity index (χ0v) is 13.0. The number of sulfonamides is 1. The second kappa shape index (κ2) is 6.69. The summed E-state index contributed by atoms with van der Waals surface area (Å²) in [4.78, 5) is 0. The molecule has 0 atom stereocenters. The Hall–Kier alpha value is -0.920. The first-order valence-corrected chi connectivity index (χ1v) is 8.72. The molecule has 2 N–H and O–H groups in total. The zero-order valence-electron chi connectivity index (χ0n) is 12.2. The Morgan fingerprint density at radius 3 is 2.80 bits per heavy atom. The molecular formula is C13H24N4O2S. The highest BCUT2D eigenvalue weighted by molar-refractivity contribution is 7.89. The van der Waals surface area contributed by atoms with Crippen molar-refractivity contribution in [2.45, 2.75) is 44.7 Å². The Kier molecular flexibility index (Phi) is 5.17. The highest BCUT2D eigenvalue weighted by Gasteiger charge is 2.31. The van der Waals surface area contributed by atoms with Crippen LogP contribution in [0.15, 0.2) is 11.2 Å². The molecule has 1 fully saturated rings. The van der Waals surface area contributed by atoms with Crippen molar-refractivity contribution in [3.05, 3.63) is 11.8 Å². The molecule has 20 heavy (non-hydrogen) atoms. The Bertz CT molecular complexity index is 518. The molecule has 0 radical (unpaired) electrons. The van der Waals surface area contributed by atoms with E-state index in [1.165, 1.54) is 0 Å². The first kappa shape index (κ1) is 15.5. The van der Waals surface area contributed by atoms with Crippen LogP contribution in [0.4, 0.5) is 0 Å². The smallest absolute Gasteiger partial charge is 0.260 e. The normalized spacial score (nSPS) is 18.5. The molecule has 1 saturated heterocycles. The lowest BCUT2D eigenvalue weighted by atomic mass is 10.0. The largest absolute Gasteiger partial charge is 0.313 e. The van der Waals surface area contributed by atoms with E-state index < -0.39 is 10.0 Å². The maximum Gasteiger partial charge on any atom is 0.260 e. The lowest BCUT2D eigenvalue weighted by molar-refractivity contribution is 0.287. The number of nitrogens with one attached hydrogen (secondary N) is 2. The maximum atomic E-state index is 12.6. The number of hydrogen-bond donors (Lipinski definition) is 2. The van der Waals surface area contributed by atoms with E-state index >= 15 is 0 Å². The molecule has 1 aromatic heterocycles. The second-order valence-electron chi connectivity index (χ2n) is 5.49. The first-order valence-electron chi connectivity index (χ1n) is 7.28. The number of hydrogen-bond acceptors (Lipinski definition) is 4. The first-order chi connectivity index (χ1) is 9.55. The quantitative estimate of drug-likeness (QED) is 0.777. The SMILES string of the molecule is CCCNCc1cn[nH]c1S(=O)(=O)N1CCC(C)CC1. The van der Waals surface area contributed by atoms with Crippen LogP contribution in [0.3, 0.4) is 0 Å². The molecule has 2 rings (SSSR count). The van der Waals surface area contributed by atoms with E-state index in [-0.39, 0.29) is 5.03 Å². The fourth-order valence-corrected chi connectivity index (χ4v) is 3.98. The molecule has 7 heteroatoms. The number of rotatable bonds is 6. The second-order valence-corrected chi connectivity index (χ2v) is 7.36. The molecule has 0 unspecified atom stereocenters. The van der Waals surface area contributed by atoms with Crippen molar-refractivity contribution in [3.63, 3.8) is 0 Å². The minimum absolute atomic E-state index is 0.246. The van der Waals surface area contributed by atoms with Gasteiger partial charge in [-0.15, -0.1) is 0 Å². The fraction of sp³-hybridized carbons (Fsp3) is 0.769. The van der Waals surface area contributed by atoms with Gasteiger partial charge in [0, 0.05) is 25.2 Å². The topological polar surface area (TPSA) is 78.1 Å². The number of piperidine rings is 1. The molecule has 2 heterocycles. The van der Waals surface area contributed by atoms with Gasteiger partial charge in [-0.3, -0.25) is 5.10 Å². The van der Waals surface area contributed by atoms with Crippen LogP contribution in [0.1, 0.15) is 38.7 Å². The zero-order chi connectivity index (χ0) is 14.6. The van der Waals surface area contributed by atoms with E-state index in [1.807, 2.05) is 0 Å². The van der Waals surface area contributed by atoms with Crippen molar-refractivity contribution in [1.29, 1.82) is 0 Å². The molecule has 0 aromatic carbocycles. The van der Waals surface area contributed by atoms with E-state index in [4.69, 9.17) is 0 Å². The Morgan fingerprint density at radius 1 is 1.45 bits per heavy atom. The van der Waals surface area contributed by atoms with E-state index in [9.17, 15) is 8.42 Å². The molecule has 1 aliphatic heterocycles. The van der Waals surface area contributed by atoms with Gasteiger partial charge in [0.2, 0.25) is 0 Å². The lowest BCUT2D eigenvalue weighted by Gasteiger charge is -2.29. The summed E-state index contributed by atoms with van der Waals surface area (Å²) in [6.45, 7) is 6.85. The summed E-state index contributed by atoms with van der Waals surface area (Å²) in [6, 6.07) is 0. The fourth-order valence-electron chi connectivity index (χ4n) is 2.40. The highest BCUT2D eigenvalue weighted by Crippen LogP contribution is 2.24. The number of nitrogens with zero attached hydrogens (tertiary/aromatic N) is 2. The van der Waals surface area contributed by atoms with Crippen LogP contribution in [0.5, 0.6) is 0 Å². The summed E-state index contributed by atoms with van der Waals surface area (Å²) < 4.78 is 26.8. The number of aromatic nitrogens is 2. The molecule has 114 valence electrons. The third-order valence-electron chi connectivity index (χ3n) is 3.76. The Balaban J connectivity index is 2.11. The minimum atomic E-state index is -3.43. The summed E-state index contributed by atoms with van der Waals surface area (Å²) in [5.74, 6) is 0.605. The lowest BCUT2D eigenvalue weighted by Crippen LogP contribution is -2.38.